The first kappa shape index (κ1) is 17.5. The molecule has 1 unspecified atom stereocenters. The highest BCUT2D eigenvalue weighted by molar-refractivity contribution is 5.72. The van der Waals surface area contributed by atoms with Crippen LogP contribution in [0.3, 0.4) is 0 Å². The van der Waals surface area contributed by atoms with E-state index in [0.29, 0.717) is 0 Å². The molecule has 3 nitrogen and oxygen atoms in total. The largest absolute Gasteiger partial charge is 0.469 e. The van der Waals surface area contributed by atoms with Crippen LogP contribution in [0.15, 0.2) is 24.3 Å². The number of ether oxygens (including phenoxy) is 1. The topological polar surface area (TPSA) is 38.3 Å². The highest BCUT2D eigenvalue weighted by Crippen LogP contribution is 2.07. The van der Waals surface area contributed by atoms with Crippen molar-refractivity contribution in [3.05, 3.63) is 35.9 Å². The van der Waals surface area contributed by atoms with Gasteiger partial charge in [-0.1, -0.05) is 19.9 Å². The van der Waals surface area contributed by atoms with Gasteiger partial charge in [0, 0.05) is 12.6 Å². The van der Waals surface area contributed by atoms with E-state index in [1.54, 1.807) is 0 Å². The predicted octanol–water partition coefficient (Wildman–Crippen LogP) is 2.76. The van der Waals surface area contributed by atoms with E-state index in [0.717, 1.165) is 25.6 Å². The zero-order chi connectivity index (χ0) is 14.7. The minimum atomic E-state index is -0.537. The van der Waals surface area contributed by atoms with E-state index < -0.39 is 11.6 Å². The molecule has 1 saturated heterocycles. The summed E-state index contributed by atoms with van der Waals surface area (Å²) in [5.41, 5.74) is 0. The van der Waals surface area contributed by atoms with Crippen LogP contribution >= 0.6 is 0 Å². The van der Waals surface area contributed by atoms with Crippen LogP contribution in [0.4, 0.5) is 8.78 Å². The highest BCUT2D eigenvalue weighted by Gasteiger charge is 2.22. The maximum absolute atomic E-state index is 11.9. The first-order valence-electron chi connectivity index (χ1n) is 6.33. The summed E-state index contributed by atoms with van der Waals surface area (Å²) >= 11 is 0. The van der Waals surface area contributed by atoms with Crippen LogP contribution in [0.25, 0.3) is 0 Å². The number of nitrogens with one attached hydrogen (secondary N) is 1. The Kier molecular flexibility index (Phi) is 9.62. The van der Waals surface area contributed by atoms with E-state index in [1.807, 2.05) is 13.8 Å². The lowest BCUT2D eigenvalue weighted by Gasteiger charge is -2.02. The summed E-state index contributed by atoms with van der Waals surface area (Å²) in [5, 5.41) is 3.09. The van der Waals surface area contributed by atoms with Crippen molar-refractivity contribution >= 4 is 5.97 Å². The second-order valence-corrected chi connectivity index (χ2v) is 3.65. The fourth-order valence-electron chi connectivity index (χ4n) is 1.48. The van der Waals surface area contributed by atoms with Crippen molar-refractivity contribution in [3.63, 3.8) is 0 Å². The average molecular weight is 273 g/mol. The van der Waals surface area contributed by atoms with Crippen LogP contribution in [-0.2, 0) is 9.53 Å². The van der Waals surface area contributed by atoms with Crippen molar-refractivity contribution in [3.8, 4) is 0 Å². The van der Waals surface area contributed by atoms with Crippen LogP contribution in [-0.4, -0.2) is 26.2 Å². The molecule has 5 heteroatoms. The summed E-state index contributed by atoms with van der Waals surface area (Å²) in [6.07, 6.45) is 0.923. The van der Waals surface area contributed by atoms with Gasteiger partial charge >= 0.3 is 5.97 Å². The number of carbonyl (C=O) groups excluding carboxylic acids is 1. The van der Waals surface area contributed by atoms with Crippen molar-refractivity contribution in [2.75, 3.05) is 20.2 Å². The Hall–Kier alpha value is -1.49. The molecule has 1 heterocycles. The summed E-state index contributed by atoms with van der Waals surface area (Å²) in [5.74, 6) is -1.05. The molecule has 108 valence electrons. The van der Waals surface area contributed by atoms with Crippen molar-refractivity contribution in [2.24, 2.45) is 5.92 Å². The van der Waals surface area contributed by atoms with Crippen molar-refractivity contribution in [2.45, 2.75) is 20.3 Å². The quantitative estimate of drug-likeness (QED) is 0.800. The molecular weight excluding hydrogens is 252 g/mol. The number of esters is 1. The predicted molar refractivity (Wildman–Crippen MR) is 70.7 cm³/mol. The van der Waals surface area contributed by atoms with Crippen LogP contribution in [0.2, 0.25) is 0 Å². The number of methoxy groups -OCH3 is 1. The fourth-order valence-corrected chi connectivity index (χ4v) is 1.48. The van der Waals surface area contributed by atoms with E-state index in [4.69, 9.17) is 0 Å². The van der Waals surface area contributed by atoms with Crippen LogP contribution in [0, 0.1) is 17.6 Å². The molecule has 1 N–H and O–H groups in total. The molecule has 0 aliphatic carbocycles. The Balaban J connectivity index is 0.000000303. The SMILES string of the molecule is CC.COC(=O)C1CCNC1.Fc1cccc(F)c1. The third-order valence-corrected chi connectivity index (χ3v) is 2.38. The lowest BCUT2D eigenvalue weighted by atomic mass is 10.1. The van der Waals surface area contributed by atoms with Crippen LogP contribution in [0.1, 0.15) is 20.3 Å². The van der Waals surface area contributed by atoms with E-state index in [1.165, 1.54) is 25.3 Å². The number of rotatable bonds is 1. The van der Waals surface area contributed by atoms with Gasteiger partial charge in [0.15, 0.2) is 0 Å². The van der Waals surface area contributed by atoms with Gasteiger partial charge in [-0.25, -0.2) is 8.78 Å². The van der Waals surface area contributed by atoms with Crippen LogP contribution in [0.5, 0.6) is 0 Å². The number of hydrogen-bond donors (Lipinski definition) is 1. The van der Waals surface area contributed by atoms with Gasteiger partial charge in [0.05, 0.1) is 13.0 Å². The van der Waals surface area contributed by atoms with Crippen molar-refractivity contribution in [1.82, 2.24) is 5.32 Å². The summed E-state index contributed by atoms with van der Waals surface area (Å²) in [4.78, 5) is 10.8. The first-order chi connectivity index (χ1) is 9.13. The Labute approximate surface area is 113 Å². The lowest BCUT2D eigenvalue weighted by molar-refractivity contribution is -0.144. The van der Waals surface area contributed by atoms with Gasteiger partial charge in [0.25, 0.3) is 0 Å². The fraction of sp³-hybridized carbons (Fsp3) is 0.500. The standard InChI is InChI=1S/C6H4F2.C6H11NO2.C2H6/c7-5-2-1-3-6(8)4-5;1-9-6(8)5-2-3-7-4-5;1-2/h1-4H;5,7H,2-4H2,1H3;1-2H3. The zero-order valence-electron chi connectivity index (χ0n) is 11.6. The minimum Gasteiger partial charge on any atom is -0.469 e. The molecule has 0 bridgehead atoms. The van der Waals surface area contributed by atoms with Gasteiger partial charge in [-0.2, -0.15) is 0 Å². The molecule has 0 radical (unpaired) electrons. The van der Waals surface area contributed by atoms with E-state index in [9.17, 15) is 13.6 Å². The van der Waals surface area contributed by atoms with Crippen LogP contribution < -0.4 is 5.32 Å². The molecule has 0 spiro atoms. The molecule has 0 saturated carbocycles. The first-order valence-corrected chi connectivity index (χ1v) is 6.33. The smallest absolute Gasteiger partial charge is 0.309 e. The van der Waals surface area contributed by atoms with Gasteiger partial charge in [-0.05, 0) is 25.1 Å². The van der Waals surface area contributed by atoms with Gasteiger partial charge in [-0.15, -0.1) is 0 Å². The molecule has 0 aromatic heterocycles. The average Bonchev–Trinajstić information content (AvgIpc) is 2.94. The van der Waals surface area contributed by atoms with E-state index in [-0.39, 0.29) is 11.9 Å². The molecule has 0 amide bonds. The molecule has 19 heavy (non-hydrogen) atoms. The normalized spacial score (nSPS) is 16.6. The number of carbonyl (C=O) groups is 1. The second kappa shape index (κ2) is 10.4. The van der Waals surface area contributed by atoms with Gasteiger partial charge in [0.1, 0.15) is 11.6 Å². The third kappa shape index (κ3) is 7.51. The highest BCUT2D eigenvalue weighted by atomic mass is 19.1. The molecule has 1 fully saturated rings. The molecule has 1 aromatic rings. The molecular formula is C14H21F2NO2. The molecule has 1 aromatic carbocycles. The Morgan fingerprint density at radius 1 is 1.32 bits per heavy atom. The van der Waals surface area contributed by atoms with Crippen molar-refractivity contribution in [1.29, 1.82) is 0 Å². The number of halogens is 2. The Bertz CT molecular complexity index is 349. The Morgan fingerprint density at radius 2 is 1.89 bits per heavy atom. The summed E-state index contributed by atoms with van der Waals surface area (Å²) in [7, 11) is 1.43. The summed E-state index contributed by atoms with van der Waals surface area (Å²) in [6, 6.07) is 4.55. The van der Waals surface area contributed by atoms with Gasteiger partial charge in [-0.3, -0.25) is 4.79 Å². The lowest BCUT2D eigenvalue weighted by Crippen LogP contribution is -2.18. The molecule has 2 rings (SSSR count). The van der Waals surface area contributed by atoms with Gasteiger partial charge < -0.3 is 10.1 Å². The maximum Gasteiger partial charge on any atom is 0.309 e. The number of hydrogen-bond acceptors (Lipinski definition) is 3. The summed E-state index contributed by atoms with van der Waals surface area (Å²) < 4.78 is 28.4. The monoisotopic (exact) mass is 273 g/mol. The molecule has 1 aliphatic heterocycles. The van der Waals surface area contributed by atoms with E-state index >= 15 is 0 Å². The van der Waals surface area contributed by atoms with Gasteiger partial charge in [0.2, 0.25) is 0 Å². The Morgan fingerprint density at radius 3 is 2.21 bits per heavy atom. The minimum absolute atomic E-state index is 0.0833. The van der Waals surface area contributed by atoms with Crippen molar-refractivity contribution < 1.29 is 18.3 Å². The van der Waals surface area contributed by atoms with E-state index in [2.05, 4.69) is 10.1 Å². The second-order valence-electron chi connectivity index (χ2n) is 3.65. The number of benzene rings is 1. The third-order valence-electron chi connectivity index (χ3n) is 2.38. The zero-order valence-corrected chi connectivity index (χ0v) is 11.6. The molecule has 1 aliphatic rings. The molecule has 1 atom stereocenters. The summed E-state index contributed by atoms with van der Waals surface area (Å²) in [6.45, 7) is 5.73. The maximum atomic E-state index is 11.9.